The Morgan fingerprint density at radius 3 is 2.05 bits per heavy atom. The molecule has 0 saturated heterocycles. The highest BCUT2D eigenvalue weighted by Gasteiger charge is 2.51. The average molecular weight is 344 g/mol. The molecule has 0 radical (unpaired) electrons. The van der Waals surface area contributed by atoms with Crippen molar-refractivity contribution in [1.82, 2.24) is 0 Å². The van der Waals surface area contributed by atoms with E-state index in [1.54, 1.807) is 0 Å². The van der Waals surface area contributed by atoms with Gasteiger partial charge in [0, 0.05) is 0 Å². The molecule has 1 unspecified atom stereocenters. The number of alkyl halides is 1. The first-order chi connectivity index (χ1) is 10.0. The Morgan fingerprint density at radius 1 is 0.952 bits per heavy atom. The van der Waals surface area contributed by atoms with Gasteiger partial charge < -0.3 is 0 Å². The van der Waals surface area contributed by atoms with E-state index in [4.69, 9.17) is 34.8 Å². The van der Waals surface area contributed by atoms with E-state index in [9.17, 15) is 0 Å². The van der Waals surface area contributed by atoms with Crippen LogP contribution in [0.15, 0.2) is 18.2 Å². The Morgan fingerprint density at radius 2 is 1.52 bits per heavy atom. The summed E-state index contributed by atoms with van der Waals surface area (Å²) in [6, 6.07) is 5.85. The highest BCUT2D eigenvalue weighted by molar-refractivity contribution is 6.42. The molecule has 5 rings (SSSR count). The predicted octanol–water partition coefficient (Wildman–Crippen LogP) is 6.88. The van der Waals surface area contributed by atoms with Gasteiger partial charge in [0.2, 0.25) is 0 Å². The van der Waals surface area contributed by atoms with Gasteiger partial charge in [0.05, 0.1) is 15.4 Å². The maximum Gasteiger partial charge on any atom is 0.0595 e. The number of hydrogen-bond donors (Lipinski definition) is 0. The summed E-state index contributed by atoms with van der Waals surface area (Å²) in [5.41, 5.74) is 1.63. The minimum Gasteiger partial charge on any atom is -0.118 e. The van der Waals surface area contributed by atoms with Crippen LogP contribution in [0.4, 0.5) is 0 Å². The molecule has 114 valence electrons. The fraction of sp³-hybridized carbons (Fsp3) is 0.667. The summed E-state index contributed by atoms with van der Waals surface area (Å²) in [5, 5.41) is 1.29. The molecule has 0 nitrogen and oxygen atoms in total. The maximum absolute atomic E-state index is 6.76. The van der Waals surface area contributed by atoms with Crippen molar-refractivity contribution >= 4 is 34.8 Å². The van der Waals surface area contributed by atoms with Gasteiger partial charge in [-0.3, -0.25) is 0 Å². The van der Waals surface area contributed by atoms with Crippen LogP contribution in [0.5, 0.6) is 0 Å². The lowest BCUT2D eigenvalue weighted by atomic mass is 9.48. The van der Waals surface area contributed by atoms with Gasteiger partial charge in [-0.1, -0.05) is 29.3 Å². The van der Waals surface area contributed by atoms with Gasteiger partial charge in [-0.2, -0.15) is 0 Å². The summed E-state index contributed by atoms with van der Waals surface area (Å²) in [4.78, 5) is 0. The fourth-order valence-electron chi connectivity index (χ4n) is 5.75. The fourth-order valence-corrected chi connectivity index (χ4v) is 6.51. The van der Waals surface area contributed by atoms with Crippen molar-refractivity contribution in [2.24, 2.45) is 23.2 Å². The third-order valence-corrected chi connectivity index (χ3v) is 7.23. The van der Waals surface area contributed by atoms with E-state index >= 15 is 0 Å². The van der Waals surface area contributed by atoms with Gasteiger partial charge in [0.25, 0.3) is 0 Å². The first-order valence-electron chi connectivity index (χ1n) is 8.12. The van der Waals surface area contributed by atoms with Crippen molar-refractivity contribution in [3.05, 3.63) is 33.8 Å². The van der Waals surface area contributed by atoms with E-state index in [-0.39, 0.29) is 5.38 Å². The summed E-state index contributed by atoms with van der Waals surface area (Å²) >= 11 is 18.9. The van der Waals surface area contributed by atoms with Gasteiger partial charge in [-0.15, -0.1) is 11.6 Å². The van der Waals surface area contributed by atoms with Crippen LogP contribution in [0.2, 0.25) is 10.0 Å². The summed E-state index contributed by atoms with van der Waals surface area (Å²) in [5.74, 6) is 2.94. The molecule has 0 aliphatic heterocycles. The Kier molecular flexibility index (Phi) is 3.72. The molecule has 1 aromatic rings. The molecular formula is C18H21Cl3. The Balaban J connectivity index is 1.53. The van der Waals surface area contributed by atoms with Gasteiger partial charge in [0.1, 0.15) is 0 Å². The minimum absolute atomic E-state index is 0.0658. The van der Waals surface area contributed by atoms with Crippen molar-refractivity contribution in [3.63, 3.8) is 0 Å². The molecule has 0 aromatic heterocycles. The van der Waals surface area contributed by atoms with Crippen LogP contribution in [-0.2, 0) is 0 Å². The van der Waals surface area contributed by atoms with E-state index in [0.29, 0.717) is 15.5 Å². The molecule has 0 heterocycles. The topological polar surface area (TPSA) is 0 Å². The molecular weight excluding hydrogens is 323 g/mol. The largest absolute Gasteiger partial charge is 0.118 e. The predicted molar refractivity (Wildman–Crippen MR) is 90.3 cm³/mol. The first kappa shape index (κ1) is 14.7. The Hall–Kier alpha value is 0.0900. The van der Waals surface area contributed by atoms with Gasteiger partial charge in [0.15, 0.2) is 0 Å². The number of halogens is 3. The Labute approximate surface area is 142 Å². The lowest BCUT2D eigenvalue weighted by Crippen LogP contribution is -2.46. The molecule has 4 aliphatic rings. The van der Waals surface area contributed by atoms with Crippen molar-refractivity contribution in [1.29, 1.82) is 0 Å². The van der Waals surface area contributed by atoms with E-state index in [2.05, 4.69) is 0 Å². The normalized spacial score (nSPS) is 38.7. The molecule has 0 N–H and O–H groups in total. The van der Waals surface area contributed by atoms with Crippen LogP contribution < -0.4 is 0 Å². The van der Waals surface area contributed by atoms with E-state index in [0.717, 1.165) is 29.7 Å². The third-order valence-electron chi connectivity index (χ3n) is 6.08. The van der Waals surface area contributed by atoms with Gasteiger partial charge in [-0.05, 0) is 85.8 Å². The average Bonchev–Trinajstić information content (AvgIpc) is 2.39. The lowest BCUT2D eigenvalue weighted by molar-refractivity contribution is -0.0576. The van der Waals surface area contributed by atoms with Crippen molar-refractivity contribution in [2.45, 2.75) is 50.3 Å². The number of benzene rings is 1. The van der Waals surface area contributed by atoms with Crippen LogP contribution in [0.3, 0.4) is 0 Å². The molecule has 4 saturated carbocycles. The second kappa shape index (κ2) is 5.32. The van der Waals surface area contributed by atoms with E-state index in [1.807, 2.05) is 18.2 Å². The second-order valence-corrected chi connectivity index (χ2v) is 9.10. The molecule has 0 spiro atoms. The SMILES string of the molecule is Clc1ccc(C(Cl)CC23CC4CC(CC(C4)C2)C3)cc1Cl. The monoisotopic (exact) mass is 342 g/mol. The molecule has 3 heteroatoms. The lowest BCUT2D eigenvalue weighted by Gasteiger charge is -2.57. The van der Waals surface area contributed by atoms with E-state index < -0.39 is 0 Å². The smallest absolute Gasteiger partial charge is 0.0595 e. The quantitative estimate of drug-likeness (QED) is 0.525. The minimum atomic E-state index is 0.0658. The molecule has 4 fully saturated rings. The van der Waals surface area contributed by atoms with Crippen molar-refractivity contribution in [3.8, 4) is 0 Å². The van der Waals surface area contributed by atoms with Crippen LogP contribution in [0, 0.1) is 23.2 Å². The summed E-state index contributed by atoms with van der Waals surface area (Å²) < 4.78 is 0. The molecule has 1 aromatic carbocycles. The molecule has 21 heavy (non-hydrogen) atoms. The third kappa shape index (κ3) is 2.73. The molecule has 0 amide bonds. The summed E-state index contributed by atoms with van der Waals surface area (Å²) in [7, 11) is 0. The summed E-state index contributed by atoms with van der Waals surface area (Å²) in [6.45, 7) is 0. The van der Waals surface area contributed by atoms with Crippen LogP contribution in [0.25, 0.3) is 0 Å². The van der Waals surface area contributed by atoms with Crippen LogP contribution in [-0.4, -0.2) is 0 Å². The summed E-state index contributed by atoms with van der Waals surface area (Å²) in [6.07, 6.45) is 9.78. The maximum atomic E-state index is 6.76. The van der Waals surface area contributed by atoms with Crippen LogP contribution >= 0.6 is 34.8 Å². The van der Waals surface area contributed by atoms with Crippen molar-refractivity contribution < 1.29 is 0 Å². The zero-order chi connectivity index (χ0) is 14.6. The zero-order valence-electron chi connectivity index (χ0n) is 12.1. The zero-order valence-corrected chi connectivity index (χ0v) is 14.4. The van der Waals surface area contributed by atoms with Crippen LogP contribution in [0.1, 0.15) is 55.9 Å². The highest BCUT2D eigenvalue weighted by atomic mass is 35.5. The first-order valence-corrected chi connectivity index (χ1v) is 9.31. The Bertz CT molecular complexity index is 516. The van der Waals surface area contributed by atoms with Gasteiger partial charge in [-0.25, -0.2) is 0 Å². The van der Waals surface area contributed by atoms with E-state index in [1.165, 1.54) is 38.5 Å². The van der Waals surface area contributed by atoms with Gasteiger partial charge >= 0.3 is 0 Å². The molecule has 4 bridgehead atoms. The number of hydrogen-bond acceptors (Lipinski definition) is 0. The standard InChI is InChI=1S/C18H21Cl3/c19-15-2-1-14(6-16(15)20)17(21)10-18-7-11-3-12(8-18)5-13(4-11)9-18/h1-2,6,11-13,17H,3-5,7-10H2. The number of rotatable bonds is 3. The van der Waals surface area contributed by atoms with Crippen molar-refractivity contribution in [2.75, 3.05) is 0 Å². The molecule has 1 atom stereocenters. The molecule has 4 aliphatic carbocycles. The highest BCUT2D eigenvalue weighted by Crippen LogP contribution is 2.62. The second-order valence-electron chi connectivity index (χ2n) is 7.76.